The zero-order valence-electron chi connectivity index (χ0n) is 13.0. The van der Waals surface area contributed by atoms with Crippen molar-refractivity contribution in [1.29, 1.82) is 0 Å². The highest BCUT2D eigenvalue weighted by Crippen LogP contribution is 2.42. The maximum Gasteiger partial charge on any atom is 0.304 e. The van der Waals surface area contributed by atoms with Crippen LogP contribution in [-0.4, -0.2) is 17.0 Å². The monoisotopic (exact) mass is 309 g/mol. The van der Waals surface area contributed by atoms with Gasteiger partial charge in [-0.05, 0) is 41.7 Å². The van der Waals surface area contributed by atoms with Crippen LogP contribution in [0.15, 0.2) is 48.5 Å². The number of carboxylic acids is 1. The van der Waals surface area contributed by atoms with Gasteiger partial charge in [0.15, 0.2) is 0 Å². The second kappa shape index (κ2) is 5.88. The molecule has 2 aromatic rings. The summed E-state index contributed by atoms with van der Waals surface area (Å²) in [6, 6.07) is 15.7. The van der Waals surface area contributed by atoms with Gasteiger partial charge in [-0.25, -0.2) is 0 Å². The molecule has 4 heteroatoms. The zero-order chi connectivity index (χ0) is 16.4. The van der Waals surface area contributed by atoms with Crippen molar-refractivity contribution in [3.8, 4) is 0 Å². The Balaban J connectivity index is 1.95. The first-order valence-electron chi connectivity index (χ1n) is 7.65. The normalized spacial score (nSPS) is 15.0. The molecule has 0 spiro atoms. The van der Waals surface area contributed by atoms with E-state index in [4.69, 9.17) is 0 Å². The van der Waals surface area contributed by atoms with Gasteiger partial charge in [0.2, 0.25) is 5.91 Å². The van der Waals surface area contributed by atoms with E-state index in [9.17, 15) is 14.7 Å². The third-order valence-corrected chi connectivity index (χ3v) is 4.48. The second-order valence-corrected chi connectivity index (χ2v) is 6.23. The number of hydrogen-bond donors (Lipinski definition) is 2. The minimum Gasteiger partial charge on any atom is -0.481 e. The molecule has 0 aliphatic heterocycles. The van der Waals surface area contributed by atoms with Gasteiger partial charge in [-0.1, -0.05) is 36.4 Å². The Kier molecular flexibility index (Phi) is 3.90. The molecule has 2 N–H and O–H groups in total. The third-order valence-electron chi connectivity index (χ3n) is 4.48. The fourth-order valence-electron chi connectivity index (χ4n) is 3.53. The van der Waals surface area contributed by atoms with Gasteiger partial charge in [0.25, 0.3) is 0 Å². The summed E-state index contributed by atoms with van der Waals surface area (Å²) in [6.07, 6.45) is 1.56. The van der Waals surface area contributed by atoms with Crippen LogP contribution in [-0.2, 0) is 27.8 Å². The molecule has 0 atom stereocenters. The van der Waals surface area contributed by atoms with Crippen molar-refractivity contribution >= 4 is 17.6 Å². The van der Waals surface area contributed by atoms with Gasteiger partial charge in [0.1, 0.15) is 0 Å². The summed E-state index contributed by atoms with van der Waals surface area (Å²) in [4.78, 5) is 22.6. The van der Waals surface area contributed by atoms with Crippen LogP contribution in [0.1, 0.15) is 30.0 Å². The standard InChI is InChI=1S/C19H19NO3/c1-13(21)20-17-8-6-16(7-9-17)19(12-18(22)23)10-14-4-2-3-5-15(14)11-19/h2-9H,10-12H2,1H3,(H,20,21)(H,22,23). The van der Waals surface area contributed by atoms with Gasteiger partial charge >= 0.3 is 5.97 Å². The van der Waals surface area contributed by atoms with Gasteiger partial charge in [-0.2, -0.15) is 0 Å². The molecule has 0 bridgehead atoms. The Morgan fingerprint density at radius 1 is 1.04 bits per heavy atom. The topological polar surface area (TPSA) is 66.4 Å². The molecule has 3 rings (SSSR count). The number of anilines is 1. The smallest absolute Gasteiger partial charge is 0.304 e. The number of amides is 1. The highest BCUT2D eigenvalue weighted by Gasteiger charge is 2.40. The highest BCUT2D eigenvalue weighted by atomic mass is 16.4. The van der Waals surface area contributed by atoms with Crippen LogP contribution in [0.25, 0.3) is 0 Å². The van der Waals surface area contributed by atoms with E-state index in [1.165, 1.54) is 18.1 Å². The summed E-state index contributed by atoms with van der Waals surface area (Å²) in [6.45, 7) is 1.47. The van der Waals surface area contributed by atoms with E-state index in [-0.39, 0.29) is 12.3 Å². The third kappa shape index (κ3) is 3.11. The second-order valence-electron chi connectivity index (χ2n) is 6.23. The lowest BCUT2D eigenvalue weighted by Crippen LogP contribution is -2.30. The van der Waals surface area contributed by atoms with Crippen molar-refractivity contribution in [2.24, 2.45) is 0 Å². The Morgan fingerprint density at radius 3 is 2.09 bits per heavy atom. The van der Waals surface area contributed by atoms with E-state index in [1.807, 2.05) is 36.4 Å². The van der Waals surface area contributed by atoms with Gasteiger partial charge in [0, 0.05) is 18.0 Å². The van der Waals surface area contributed by atoms with Crippen LogP contribution in [0.2, 0.25) is 0 Å². The molecule has 118 valence electrons. The molecule has 4 nitrogen and oxygen atoms in total. The van der Waals surface area contributed by atoms with Crippen molar-refractivity contribution in [3.05, 3.63) is 65.2 Å². The number of carboxylic acid groups (broad SMARTS) is 1. The van der Waals surface area contributed by atoms with Gasteiger partial charge in [0.05, 0.1) is 6.42 Å². The Labute approximate surface area is 135 Å². The number of fused-ring (bicyclic) bond motifs is 1. The number of rotatable bonds is 4. The van der Waals surface area contributed by atoms with Crippen LogP contribution in [0.3, 0.4) is 0 Å². The van der Waals surface area contributed by atoms with Crippen molar-refractivity contribution in [1.82, 2.24) is 0 Å². The number of nitrogens with one attached hydrogen (secondary N) is 1. The fraction of sp³-hybridized carbons (Fsp3) is 0.263. The predicted molar refractivity (Wildman–Crippen MR) is 88.5 cm³/mol. The quantitative estimate of drug-likeness (QED) is 0.911. The van der Waals surface area contributed by atoms with Crippen molar-refractivity contribution in [2.45, 2.75) is 31.6 Å². The molecule has 0 heterocycles. The summed E-state index contributed by atoms with van der Waals surface area (Å²) < 4.78 is 0. The minimum atomic E-state index is -0.788. The van der Waals surface area contributed by atoms with Gasteiger partial charge in [-0.15, -0.1) is 0 Å². The van der Waals surface area contributed by atoms with Crippen molar-refractivity contribution in [2.75, 3.05) is 5.32 Å². The number of benzene rings is 2. The molecule has 1 aliphatic rings. The summed E-state index contributed by atoms with van der Waals surface area (Å²) in [5, 5.41) is 12.1. The number of hydrogen-bond acceptors (Lipinski definition) is 2. The van der Waals surface area contributed by atoms with E-state index in [0.29, 0.717) is 0 Å². The Morgan fingerprint density at radius 2 is 1.61 bits per heavy atom. The molecule has 0 aromatic heterocycles. The molecule has 0 unspecified atom stereocenters. The Bertz CT molecular complexity index is 724. The molecule has 0 saturated heterocycles. The van der Waals surface area contributed by atoms with Crippen LogP contribution in [0, 0.1) is 0 Å². The molecule has 1 amide bonds. The molecule has 0 fully saturated rings. The molecule has 1 aliphatic carbocycles. The number of carbonyl (C=O) groups excluding carboxylic acids is 1. The van der Waals surface area contributed by atoms with Gasteiger partial charge < -0.3 is 10.4 Å². The predicted octanol–water partition coefficient (Wildman–Crippen LogP) is 3.16. The Hall–Kier alpha value is -2.62. The maximum absolute atomic E-state index is 11.4. The van der Waals surface area contributed by atoms with E-state index in [0.717, 1.165) is 24.1 Å². The molecular weight excluding hydrogens is 290 g/mol. The summed E-state index contributed by atoms with van der Waals surface area (Å²) >= 11 is 0. The van der Waals surface area contributed by atoms with Crippen molar-refractivity contribution < 1.29 is 14.7 Å². The summed E-state index contributed by atoms with van der Waals surface area (Å²) in [5.41, 5.74) is 3.76. The summed E-state index contributed by atoms with van der Waals surface area (Å²) in [5.74, 6) is -0.907. The average Bonchev–Trinajstić information content (AvgIpc) is 2.85. The van der Waals surface area contributed by atoms with Crippen LogP contribution in [0.5, 0.6) is 0 Å². The number of aliphatic carboxylic acids is 1. The highest BCUT2D eigenvalue weighted by molar-refractivity contribution is 5.88. The van der Waals surface area contributed by atoms with E-state index >= 15 is 0 Å². The average molecular weight is 309 g/mol. The first-order valence-corrected chi connectivity index (χ1v) is 7.65. The van der Waals surface area contributed by atoms with E-state index in [2.05, 4.69) is 17.4 Å². The summed E-state index contributed by atoms with van der Waals surface area (Å²) in [7, 11) is 0. The van der Waals surface area contributed by atoms with Crippen LogP contribution >= 0.6 is 0 Å². The first kappa shape index (κ1) is 15.3. The SMILES string of the molecule is CC(=O)Nc1ccc(C2(CC(=O)O)Cc3ccccc3C2)cc1. The molecule has 0 radical (unpaired) electrons. The number of carbonyl (C=O) groups is 2. The fourth-order valence-corrected chi connectivity index (χ4v) is 3.53. The lowest BCUT2D eigenvalue weighted by molar-refractivity contribution is -0.138. The van der Waals surface area contributed by atoms with E-state index in [1.54, 1.807) is 0 Å². The lowest BCUT2D eigenvalue weighted by Gasteiger charge is -2.28. The molecule has 23 heavy (non-hydrogen) atoms. The van der Waals surface area contributed by atoms with Crippen molar-refractivity contribution in [3.63, 3.8) is 0 Å². The molecule has 2 aromatic carbocycles. The molecule has 0 saturated carbocycles. The van der Waals surface area contributed by atoms with E-state index < -0.39 is 11.4 Å². The lowest BCUT2D eigenvalue weighted by atomic mass is 9.75. The van der Waals surface area contributed by atoms with Gasteiger partial charge in [-0.3, -0.25) is 9.59 Å². The zero-order valence-corrected chi connectivity index (χ0v) is 13.0. The maximum atomic E-state index is 11.4. The minimum absolute atomic E-state index is 0.0984. The van der Waals surface area contributed by atoms with Crippen LogP contribution in [0.4, 0.5) is 5.69 Å². The largest absolute Gasteiger partial charge is 0.481 e. The molecular formula is C19H19NO3. The van der Waals surface area contributed by atoms with Crippen LogP contribution < -0.4 is 5.32 Å². The first-order chi connectivity index (χ1) is 11.0.